The van der Waals surface area contributed by atoms with Gasteiger partial charge in [-0.05, 0) is 31.5 Å². The monoisotopic (exact) mass is 295 g/mol. The molecule has 0 aliphatic carbocycles. The normalized spacial score (nSPS) is 10.6. The Labute approximate surface area is 128 Å². The summed E-state index contributed by atoms with van der Waals surface area (Å²) in [4.78, 5) is 23.6. The molecule has 2 aromatic heterocycles. The van der Waals surface area contributed by atoms with Crippen molar-refractivity contribution in [1.82, 2.24) is 20.4 Å². The average molecular weight is 295 g/mol. The second-order valence-electron chi connectivity index (χ2n) is 5.18. The molecule has 0 unspecified atom stereocenters. The fourth-order valence-corrected chi connectivity index (χ4v) is 2.40. The Kier molecular flexibility index (Phi) is 3.74. The number of aryl methyl sites for hydroxylation is 2. The molecular formula is C16H17N5O. The van der Waals surface area contributed by atoms with E-state index in [9.17, 15) is 4.79 Å². The largest absolute Gasteiger partial charge is 0.361 e. The third-order valence-electron chi connectivity index (χ3n) is 3.32. The highest BCUT2D eigenvalue weighted by atomic mass is 16.2. The van der Waals surface area contributed by atoms with Gasteiger partial charge in [0.1, 0.15) is 0 Å². The molecule has 0 atom stereocenters. The summed E-state index contributed by atoms with van der Waals surface area (Å²) < 4.78 is 0. The quantitative estimate of drug-likeness (QED) is 0.645. The van der Waals surface area contributed by atoms with Gasteiger partial charge in [-0.25, -0.2) is 9.97 Å². The molecule has 0 saturated carbocycles. The Morgan fingerprint density at radius 1 is 1.18 bits per heavy atom. The third kappa shape index (κ3) is 3.06. The van der Waals surface area contributed by atoms with Gasteiger partial charge in [-0.3, -0.25) is 15.6 Å². The van der Waals surface area contributed by atoms with Gasteiger partial charge < -0.3 is 4.98 Å². The van der Waals surface area contributed by atoms with E-state index in [-0.39, 0.29) is 12.3 Å². The number of carbonyl (C=O) groups is 1. The van der Waals surface area contributed by atoms with E-state index in [1.165, 1.54) is 0 Å². The molecule has 0 aliphatic rings. The van der Waals surface area contributed by atoms with Crippen LogP contribution in [0.25, 0.3) is 10.9 Å². The summed E-state index contributed by atoms with van der Waals surface area (Å²) in [6, 6.07) is 9.77. The summed E-state index contributed by atoms with van der Waals surface area (Å²) in [5, 5.41) is 1.06. The molecule has 1 amide bonds. The fourth-order valence-electron chi connectivity index (χ4n) is 2.40. The summed E-state index contributed by atoms with van der Waals surface area (Å²) in [5.41, 5.74) is 9.06. The van der Waals surface area contributed by atoms with Gasteiger partial charge in [0.2, 0.25) is 11.9 Å². The van der Waals surface area contributed by atoms with E-state index in [2.05, 4.69) is 25.8 Å². The topological polar surface area (TPSA) is 82.7 Å². The summed E-state index contributed by atoms with van der Waals surface area (Å²) in [5.74, 6) is 0.247. The molecule has 0 saturated heterocycles. The van der Waals surface area contributed by atoms with Gasteiger partial charge in [0.05, 0.1) is 6.42 Å². The van der Waals surface area contributed by atoms with Crippen molar-refractivity contribution in [2.45, 2.75) is 20.3 Å². The molecular weight excluding hydrogens is 278 g/mol. The van der Waals surface area contributed by atoms with E-state index in [0.29, 0.717) is 5.95 Å². The summed E-state index contributed by atoms with van der Waals surface area (Å²) in [6.45, 7) is 3.77. The zero-order valence-corrected chi connectivity index (χ0v) is 12.5. The predicted octanol–water partition coefficient (Wildman–Crippen LogP) is 2.26. The molecule has 0 aliphatic heterocycles. The van der Waals surface area contributed by atoms with Crippen LogP contribution in [0.5, 0.6) is 0 Å². The van der Waals surface area contributed by atoms with E-state index >= 15 is 0 Å². The van der Waals surface area contributed by atoms with E-state index < -0.39 is 0 Å². The molecule has 0 bridgehead atoms. The second-order valence-corrected chi connectivity index (χ2v) is 5.18. The minimum atomic E-state index is -0.146. The molecule has 2 heterocycles. The number of fused-ring (bicyclic) bond motifs is 1. The molecule has 0 fully saturated rings. The van der Waals surface area contributed by atoms with Crippen LogP contribution in [0.2, 0.25) is 0 Å². The predicted molar refractivity (Wildman–Crippen MR) is 85.3 cm³/mol. The first-order valence-electron chi connectivity index (χ1n) is 7.04. The Balaban J connectivity index is 1.65. The van der Waals surface area contributed by atoms with Crippen molar-refractivity contribution in [2.75, 3.05) is 5.43 Å². The molecule has 0 radical (unpaired) electrons. The first kappa shape index (κ1) is 14.1. The average Bonchev–Trinajstić information content (AvgIpc) is 2.88. The molecule has 112 valence electrons. The zero-order chi connectivity index (χ0) is 15.5. The number of hydrogen-bond acceptors (Lipinski definition) is 4. The molecule has 0 spiro atoms. The van der Waals surface area contributed by atoms with Crippen LogP contribution in [-0.4, -0.2) is 20.9 Å². The number of amides is 1. The number of hydrazine groups is 1. The van der Waals surface area contributed by atoms with Crippen LogP contribution >= 0.6 is 0 Å². The maximum atomic E-state index is 12.1. The Hall–Kier alpha value is -2.89. The number of benzene rings is 1. The Morgan fingerprint density at radius 2 is 1.91 bits per heavy atom. The van der Waals surface area contributed by atoms with E-state index in [0.717, 1.165) is 27.9 Å². The third-order valence-corrected chi connectivity index (χ3v) is 3.32. The molecule has 3 N–H and O–H groups in total. The van der Waals surface area contributed by atoms with Crippen molar-refractivity contribution in [1.29, 1.82) is 0 Å². The number of carbonyl (C=O) groups excluding carboxylic acids is 1. The van der Waals surface area contributed by atoms with Crippen LogP contribution < -0.4 is 10.9 Å². The SMILES string of the molecule is Cc1cc(C)nc(NNC(=O)Cc2c[nH]c3ccccc23)n1. The molecule has 6 heteroatoms. The maximum Gasteiger partial charge on any atom is 0.242 e. The van der Waals surface area contributed by atoms with Crippen molar-refractivity contribution in [3.63, 3.8) is 0 Å². The molecule has 1 aromatic carbocycles. The van der Waals surface area contributed by atoms with Gasteiger partial charge in [0, 0.05) is 28.5 Å². The van der Waals surface area contributed by atoms with Crippen LogP contribution in [-0.2, 0) is 11.2 Å². The van der Waals surface area contributed by atoms with Crippen LogP contribution in [0, 0.1) is 13.8 Å². The molecule has 22 heavy (non-hydrogen) atoms. The van der Waals surface area contributed by atoms with Gasteiger partial charge in [-0.15, -0.1) is 0 Å². The van der Waals surface area contributed by atoms with Gasteiger partial charge in [-0.2, -0.15) is 0 Å². The Bertz CT molecular complexity index is 804. The second kappa shape index (κ2) is 5.85. The van der Waals surface area contributed by atoms with Crippen molar-refractivity contribution in [3.05, 3.63) is 53.5 Å². The zero-order valence-electron chi connectivity index (χ0n) is 12.5. The number of nitrogens with zero attached hydrogens (tertiary/aromatic N) is 2. The number of nitrogens with one attached hydrogen (secondary N) is 3. The fraction of sp³-hybridized carbons (Fsp3) is 0.188. The first-order chi connectivity index (χ1) is 10.6. The van der Waals surface area contributed by atoms with Crippen molar-refractivity contribution in [3.8, 4) is 0 Å². The minimum absolute atomic E-state index is 0.146. The highest BCUT2D eigenvalue weighted by Gasteiger charge is 2.08. The highest BCUT2D eigenvalue weighted by Crippen LogP contribution is 2.17. The smallest absolute Gasteiger partial charge is 0.242 e. The lowest BCUT2D eigenvalue weighted by Gasteiger charge is -2.08. The number of hydrogen-bond donors (Lipinski definition) is 3. The van der Waals surface area contributed by atoms with Crippen LogP contribution in [0.1, 0.15) is 17.0 Å². The first-order valence-corrected chi connectivity index (χ1v) is 7.04. The van der Waals surface area contributed by atoms with Crippen LogP contribution in [0.15, 0.2) is 36.5 Å². The van der Waals surface area contributed by atoms with Crippen LogP contribution in [0.4, 0.5) is 5.95 Å². The molecule has 3 aromatic rings. The lowest BCUT2D eigenvalue weighted by Crippen LogP contribution is -2.31. The highest BCUT2D eigenvalue weighted by molar-refractivity contribution is 5.89. The molecule has 6 nitrogen and oxygen atoms in total. The van der Waals surface area contributed by atoms with E-state index in [1.54, 1.807) is 0 Å². The Morgan fingerprint density at radius 3 is 2.68 bits per heavy atom. The van der Waals surface area contributed by atoms with Crippen LogP contribution in [0.3, 0.4) is 0 Å². The summed E-state index contributed by atoms with van der Waals surface area (Å²) >= 11 is 0. The number of para-hydroxylation sites is 1. The van der Waals surface area contributed by atoms with Gasteiger partial charge >= 0.3 is 0 Å². The number of anilines is 1. The van der Waals surface area contributed by atoms with Crippen molar-refractivity contribution in [2.24, 2.45) is 0 Å². The van der Waals surface area contributed by atoms with Gasteiger partial charge in [0.15, 0.2) is 0 Å². The van der Waals surface area contributed by atoms with Gasteiger partial charge in [-0.1, -0.05) is 18.2 Å². The summed E-state index contributed by atoms with van der Waals surface area (Å²) in [6.07, 6.45) is 2.14. The number of aromatic amines is 1. The van der Waals surface area contributed by atoms with E-state index in [1.807, 2.05) is 50.4 Å². The lowest BCUT2D eigenvalue weighted by atomic mass is 10.1. The molecule has 3 rings (SSSR count). The number of H-pyrrole nitrogens is 1. The van der Waals surface area contributed by atoms with Crippen molar-refractivity contribution < 1.29 is 4.79 Å². The summed E-state index contributed by atoms with van der Waals surface area (Å²) in [7, 11) is 0. The maximum absolute atomic E-state index is 12.1. The van der Waals surface area contributed by atoms with Gasteiger partial charge in [0.25, 0.3) is 0 Å². The number of aromatic nitrogens is 3. The van der Waals surface area contributed by atoms with E-state index in [4.69, 9.17) is 0 Å². The van der Waals surface area contributed by atoms with Crippen molar-refractivity contribution >= 4 is 22.8 Å². The standard InChI is InChI=1S/C16H17N5O/c1-10-7-11(2)19-16(18-10)21-20-15(22)8-12-9-17-14-6-4-3-5-13(12)14/h3-7,9,17H,8H2,1-2H3,(H,20,22)(H,18,19,21). The lowest BCUT2D eigenvalue weighted by molar-refractivity contribution is -0.119. The number of rotatable bonds is 4. The minimum Gasteiger partial charge on any atom is -0.361 e.